The summed E-state index contributed by atoms with van der Waals surface area (Å²) in [6.07, 6.45) is 1.75. The van der Waals surface area contributed by atoms with Crippen molar-refractivity contribution in [2.75, 3.05) is 26.7 Å². The van der Waals surface area contributed by atoms with E-state index in [0.29, 0.717) is 0 Å². The Morgan fingerprint density at radius 1 is 1.10 bits per heavy atom. The highest BCUT2D eigenvalue weighted by Crippen LogP contribution is 2.21. The lowest BCUT2D eigenvalue weighted by Crippen LogP contribution is -2.47. The second kappa shape index (κ2) is 9.84. The summed E-state index contributed by atoms with van der Waals surface area (Å²) in [6, 6.07) is 15.9. The number of hydrogen-bond donors (Lipinski definition) is 1. The van der Waals surface area contributed by atoms with Crippen LogP contribution in [-0.4, -0.2) is 56.3 Å². The molecule has 8 heteroatoms. The van der Waals surface area contributed by atoms with E-state index in [0.717, 1.165) is 36.0 Å². The first-order chi connectivity index (χ1) is 13.8. The monoisotopic (exact) mass is 479 g/mol. The maximum absolute atomic E-state index is 13.2. The highest BCUT2D eigenvalue weighted by atomic mass is 79.9. The molecule has 0 saturated carbocycles. The molecule has 1 amide bonds. The molecule has 1 saturated heterocycles. The topological polar surface area (TPSA) is 69.7 Å². The number of halogens is 1. The number of nitrogens with zero attached hydrogens (tertiary/aromatic N) is 2. The molecule has 0 bridgehead atoms. The molecule has 0 aromatic heterocycles. The van der Waals surface area contributed by atoms with Gasteiger partial charge in [-0.05, 0) is 62.8 Å². The molecule has 3 rings (SSSR count). The van der Waals surface area contributed by atoms with Crippen LogP contribution in [0.3, 0.4) is 0 Å². The number of likely N-dealkylation sites (tertiary alicyclic amines) is 1. The molecule has 0 radical (unpaired) electrons. The number of amides is 1. The number of piperidine rings is 1. The molecular formula is C21H26BrN3O3S. The third kappa shape index (κ3) is 6.12. The minimum Gasteiger partial charge on any atom is -0.352 e. The van der Waals surface area contributed by atoms with Crippen molar-refractivity contribution in [2.24, 2.45) is 0 Å². The van der Waals surface area contributed by atoms with Crippen molar-refractivity contribution in [3.05, 3.63) is 64.6 Å². The van der Waals surface area contributed by atoms with E-state index in [1.807, 2.05) is 30.3 Å². The number of benzene rings is 2. The highest BCUT2D eigenvalue weighted by molar-refractivity contribution is 9.10. The largest absolute Gasteiger partial charge is 0.352 e. The molecule has 1 N–H and O–H groups in total. The van der Waals surface area contributed by atoms with E-state index >= 15 is 0 Å². The van der Waals surface area contributed by atoms with Gasteiger partial charge < -0.3 is 10.2 Å². The zero-order valence-corrected chi connectivity index (χ0v) is 18.8. The average Bonchev–Trinajstić information content (AvgIpc) is 2.70. The van der Waals surface area contributed by atoms with Crippen molar-refractivity contribution in [2.45, 2.75) is 30.3 Å². The fraction of sp³-hybridized carbons (Fsp3) is 0.381. The minimum absolute atomic E-state index is 0.0904. The van der Waals surface area contributed by atoms with Gasteiger partial charge in [-0.2, -0.15) is 4.31 Å². The van der Waals surface area contributed by atoms with E-state index in [-0.39, 0.29) is 29.9 Å². The van der Waals surface area contributed by atoms with Crippen molar-refractivity contribution in [3.8, 4) is 0 Å². The van der Waals surface area contributed by atoms with Gasteiger partial charge in [0.05, 0.1) is 11.4 Å². The lowest BCUT2D eigenvalue weighted by molar-refractivity contribution is -0.122. The van der Waals surface area contributed by atoms with E-state index in [9.17, 15) is 13.2 Å². The molecule has 156 valence electrons. The van der Waals surface area contributed by atoms with Gasteiger partial charge in [0.15, 0.2) is 0 Å². The maximum Gasteiger partial charge on any atom is 0.243 e. The van der Waals surface area contributed by atoms with E-state index in [4.69, 9.17) is 0 Å². The molecule has 1 aliphatic heterocycles. The molecule has 1 aliphatic rings. The van der Waals surface area contributed by atoms with Gasteiger partial charge in [-0.15, -0.1) is 0 Å². The molecule has 29 heavy (non-hydrogen) atoms. The van der Waals surface area contributed by atoms with Crippen LogP contribution in [0.15, 0.2) is 64.0 Å². The van der Waals surface area contributed by atoms with Crippen LogP contribution in [0.25, 0.3) is 0 Å². The van der Waals surface area contributed by atoms with Crippen molar-refractivity contribution in [1.82, 2.24) is 14.5 Å². The zero-order valence-electron chi connectivity index (χ0n) is 16.4. The lowest BCUT2D eigenvalue weighted by atomic mass is 10.1. The van der Waals surface area contributed by atoms with Gasteiger partial charge in [-0.25, -0.2) is 8.42 Å². The van der Waals surface area contributed by atoms with E-state index in [1.165, 1.54) is 4.31 Å². The highest BCUT2D eigenvalue weighted by Gasteiger charge is 2.28. The van der Waals surface area contributed by atoms with E-state index < -0.39 is 10.0 Å². The maximum atomic E-state index is 13.2. The predicted molar refractivity (Wildman–Crippen MR) is 117 cm³/mol. The Kier molecular flexibility index (Phi) is 7.45. The lowest BCUT2D eigenvalue weighted by Gasteiger charge is -2.30. The van der Waals surface area contributed by atoms with Crippen LogP contribution < -0.4 is 5.32 Å². The van der Waals surface area contributed by atoms with Crippen molar-refractivity contribution < 1.29 is 13.2 Å². The Labute approximate surface area is 181 Å². The Hall–Kier alpha value is -1.74. The summed E-state index contributed by atoms with van der Waals surface area (Å²) in [5, 5.41) is 3.01. The molecule has 2 aromatic carbocycles. The van der Waals surface area contributed by atoms with Crippen LogP contribution in [0.2, 0.25) is 0 Å². The van der Waals surface area contributed by atoms with Gasteiger partial charge in [-0.1, -0.05) is 46.3 Å². The minimum atomic E-state index is -3.82. The van der Waals surface area contributed by atoms with Gasteiger partial charge in [0.2, 0.25) is 15.9 Å². The van der Waals surface area contributed by atoms with Crippen LogP contribution >= 0.6 is 15.9 Å². The predicted octanol–water partition coefficient (Wildman–Crippen LogP) is 2.85. The molecule has 1 heterocycles. The van der Waals surface area contributed by atoms with Crippen molar-refractivity contribution in [1.29, 1.82) is 0 Å². The number of rotatable bonds is 7. The standard InChI is InChI=1S/C21H26BrN3O3S/c1-24-13-11-19(12-14-24)23-21(26)16-25(15-17-5-3-2-4-6-17)29(27,28)20-9-7-18(22)8-10-20/h2-10,19H,11-16H2,1H3,(H,23,26). The molecule has 2 aromatic rings. The van der Waals surface area contributed by atoms with Crippen LogP contribution in [0.5, 0.6) is 0 Å². The quantitative estimate of drug-likeness (QED) is 0.662. The van der Waals surface area contributed by atoms with E-state index in [2.05, 4.69) is 33.2 Å². The normalized spacial score (nSPS) is 16.1. The summed E-state index contributed by atoms with van der Waals surface area (Å²) in [5.74, 6) is -0.267. The van der Waals surface area contributed by atoms with Crippen molar-refractivity contribution in [3.63, 3.8) is 0 Å². The molecule has 6 nitrogen and oxygen atoms in total. The number of hydrogen-bond acceptors (Lipinski definition) is 4. The smallest absolute Gasteiger partial charge is 0.243 e. The fourth-order valence-electron chi connectivity index (χ4n) is 3.35. The van der Waals surface area contributed by atoms with Crippen molar-refractivity contribution >= 4 is 31.9 Å². The zero-order chi connectivity index (χ0) is 20.9. The second-order valence-corrected chi connectivity index (χ2v) is 10.2. The molecule has 0 atom stereocenters. The summed E-state index contributed by atoms with van der Waals surface area (Å²) >= 11 is 3.33. The van der Waals surface area contributed by atoms with Gasteiger partial charge in [0.25, 0.3) is 0 Å². The summed E-state index contributed by atoms with van der Waals surface area (Å²) in [7, 11) is -1.76. The SMILES string of the molecule is CN1CCC(NC(=O)CN(Cc2ccccc2)S(=O)(=O)c2ccc(Br)cc2)CC1. The summed E-state index contributed by atoms with van der Waals surface area (Å²) in [5.41, 5.74) is 0.834. The third-order valence-corrected chi connectivity index (χ3v) is 7.39. The Morgan fingerprint density at radius 2 is 1.72 bits per heavy atom. The first kappa shape index (κ1) is 22.0. The summed E-state index contributed by atoms with van der Waals surface area (Å²) in [6.45, 7) is 1.78. The van der Waals surface area contributed by atoms with E-state index in [1.54, 1.807) is 24.3 Å². The van der Waals surface area contributed by atoms with Gasteiger partial charge in [-0.3, -0.25) is 4.79 Å². The molecule has 0 spiro atoms. The third-order valence-electron chi connectivity index (χ3n) is 5.06. The molecule has 0 aliphatic carbocycles. The number of carbonyl (C=O) groups excluding carboxylic acids is 1. The summed E-state index contributed by atoms with van der Waals surface area (Å²) < 4.78 is 28.5. The van der Waals surface area contributed by atoms with Gasteiger partial charge in [0, 0.05) is 17.1 Å². The van der Waals surface area contributed by atoms with Crippen LogP contribution in [-0.2, 0) is 21.4 Å². The molecular weight excluding hydrogens is 454 g/mol. The Balaban J connectivity index is 1.77. The molecule has 1 fully saturated rings. The molecule has 0 unspecified atom stereocenters. The average molecular weight is 480 g/mol. The van der Waals surface area contributed by atoms with Gasteiger partial charge >= 0.3 is 0 Å². The van der Waals surface area contributed by atoms with Crippen LogP contribution in [0.1, 0.15) is 18.4 Å². The number of sulfonamides is 1. The second-order valence-electron chi connectivity index (χ2n) is 7.36. The first-order valence-electron chi connectivity index (χ1n) is 9.62. The van der Waals surface area contributed by atoms with Crippen LogP contribution in [0, 0.1) is 0 Å². The summed E-state index contributed by atoms with van der Waals surface area (Å²) in [4.78, 5) is 15.1. The van der Waals surface area contributed by atoms with Gasteiger partial charge in [0.1, 0.15) is 0 Å². The fourth-order valence-corrected chi connectivity index (χ4v) is 5.00. The Bertz CT molecular complexity index is 912. The Morgan fingerprint density at radius 3 is 2.34 bits per heavy atom. The first-order valence-corrected chi connectivity index (χ1v) is 11.9. The number of carbonyl (C=O) groups is 1. The van der Waals surface area contributed by atoms with Crippen LogP contribution in [0.4, 0.5) is 0 Å². The number of nitrogens with one attached hydrogen (secondary N) is 1.